The number of hydrogen-bond donors (Lipinski definition) is 1. The summed E-state index contributed by atoms with van der Waals surface area (Å²) in [6.45, 7) is 6.33. The Balaban J connectivity index is 1.71. The zero-order valence-corrected chi connectivity index (χ0v) is 15.7. The summed E-state index contributed by atoms with van der Waals surface area (Å²) in [4.78, 5) is 7.65. The maximum Gasteiger partial charge on any atom is 0.272 e. The van der Waals surface area contributed by atoms with Gasteiger partial charge in [0.1, 0.15) is 10.0 Å². The van der Waals surface area contributed by atoms with Gasteiger partial charge >= 0.3 is 0 Å². The molecule has 0 aromatic carbocycles. The summed E-state index contributed by atoms with van der Waals surface area (Å²) in [7, 11) is -3.56. The molecule has 24 heavy (non-hydrogen) atoms. The van der Waals surface area contributed by atoms with Crippen molar-refractivity contribution in [3.8, 4) is 0 Å². The second-order valence-electron chi connectivity index (χ2n) is 6.27. The molecule has 130 valence electrons. The molecule has 3 rings (SSSR count). The fourth-order valence-corrected chi connectivity index (χ4v) is 5.24. The van der Waals surface area contributed by atoms with Crippen molar-refractivity contribution in [3.05, 3.63) is 35.3 Å². The number of thiophene rings is 1. The topological polar surface area (TPSA) is 62.3 Å². The average molecular weight is 366 g/mol. The van der Waals surface area contributed by atoms with Crippen LogP contribution >= 0.6 is 11.3 Å². The van der Waals surface area contributed by atoms with E-state index in [0.717, 1.165) is 30.1 Å². The Bertz CT molecular complexity index is 784. The van der Waals surface area contributed by atoms with Gasteiger partial charge in [0.25, 0.3) is 10.0 Å². The lowest BCUT2D eigenvalue weighted by Gasteiger charge is -2.32. The molecule has 3 heterocycles. The Morgan fingerprint density at radius 3 is 2.79 bits per heavy atom. The van der Waals surface area contributed by atoms with Crippen LogP contribution in [0, 0.1) is 5.92 Å². The molecule has 1 fully saturated rings. The first-order valence-electron chi connectivity index (χ1n) is 8.30. The number of sulfonamides is 1. The number of hydrogen-bond acceptors (Lipinski definition) is 5. The van der Waals surface area contributed by atoms with Gasteiger partial charge in [0, 0.05) is 18.0 Å². The minimum atomic E-state index is -3.56. The lowest BCUT2D eigenvalue weighted by atomic mass is 10.00. The smallest absolute Gasteiger partial charge is 0.272 e. The molecule has 5 nitrogen and oxygen atoms in total. The van der Waals surface area contributed by atoms with E-state index in [9.17, 15) is 8.42 Å². The quantitative estimate of drug-likeness (QED) is 0.877. The van der Waals surface area contributed by atoms with Gasteiger partial charge in [0.2, 0.25) is 0 Å². The first-order chi connectivity index (χ1) is 11.5. The number of piperidine rings is 1. The van der Waals surface area contributed by atoms with Crippen LogP contribution in [0.4, 0.5) is 11.5 Å². The zero-order chi connectivity index (χ0) is 17.2. The van der Waals surface area contributed by atoms with Crippen molar-refractivity contribution < 1.29 is 8.42 Å². The van der Waals surface area contributed by atoms with Gasteiger partial charge in [-0.3, -0.25) is 4.72 Å². The molecule has 0 saturated carbocycles. The van der Waals surface area contributed by atoms with Crippen LogP contribution in [0.2, 0.25) is 0 Å². The maximum atomic E-state index is 12.4. The summed E-state index contributed by atoms with van der Waals surface area (Å²) in [5, 5.41) is 0. The molecule has 2 aromatic rings. The number of aryl methyl sites for hydroxylation is 1. The second kappa shape index (κ2) is 7.11. The van der Waals surface area contributed by atoms with Gasteiger partial charge in [-0.15, -0.1) is 11.3 Å². The highest BCUT2D eigenvalue weighted by atomic mass is 32.2. The zero-order valence-electron chi connectivity index (χ0n) is 14.0. The monoisotopic (exact) mass is 365 g/mol. The molecule has 0 radical (unpaired) electrons. The van der Waals surface area contributed by atoms with Crippen LogP contribution in [-0.2, 0) is 16.4 Å². The molecular formula is C17H23N3O2S2. The summed E-state index contributed by atoms with van der Waals surface area (Å²) in [5.74, 6) is 1.04. The lowest BCUT2D eigenvalue weighted by molar-refractivity contribution is 0.446. The number of anilines is 2. The van der Waals surface area contributed by atoms with Gasteiger partial charge in [-0.25, -0.2) is 13.4 Å². The number of nitrogens with one attached hydrogen (secondary N) is 1. The summed E-state index contributed by atoms with van der Waals surface area (Å²) in [5.41, 5.74) is 1.05. The van der Waals surface area contributed by atoms with Crippen LogP contribution in [0.5, 0.6) is 0 Å². The van der Waals surface area contributed by atoms with Gasteiger partial charge in [-0.05, 0) is 49.4 Å². The van der Waals surface area contributed by atoms with E-state index < -0.39 is 10.0 Å². The van der Waals surface area contributed by atoms with Crippen LogP contribution in [0.1, 0.15) is 31.6 Å². The van der Waals surface area contributed by atoms with Crippen LogP contribution in [0.3, 0.4) is 0 Å². The molecule has 0 aliphatic carbocycles. The third-order valence-corrected chi connectivity index (χ3v) is 7.34. The highest BCUT2D eigenvalue weighted by Crippen LogP contribution is 2.26. The molecule has 7 heteroatoms. The van der Waals surface area contributed by atoms with Gasteiger partial charge in [0.15, 0.2) is 0 Å². The van der Waals surface area contributed by atoms with E-state index in [2.05, 4.69) is 21.5 Å². The maximum absolute atomic E-state index is 12.4. The van der Waals surface area contributed by atoms with Crippen LogP contribution in [0.25, 0.3) is 0 Å². The Labute approximate surface area is 147 Å². The lowest BCUT2D eigenvalue weighted by Crippen LogP contribution is -2.34. The number of rotatable bonds is 5. The first-order valence-corrected chi connectivity index (χ1v) is 10.6. The van der Waals surface area contributed by atoms with Crippen molar-refractivity contribution in [1.29, 1.82) is 0 Å². The standard InChI is InChI=1S/C17H23N3O2S2/c1-3-15-7-9-17(23-15)24(21,22)19-16-8-6-14(11-18-16)20-10-4-5-13(2)12-20/h6-9,11,13H,3-5,10,12H2,1-2H3,(H,18,19). The SMILES string of the molecule is CCc1ccc(S(=O)(=O)Nc2ccc(N3CCCC(C)C3)cn2)s1. The minimum absolute atomic E-state index is 0.329. The van der Waals surface area contributed by atoms with Gasteiger partial charge in [-0.2, -0.15) is 0 Å². The molecule has 0 spiro atoms. The van der Waals surface area contributed by atoms with Crippen molar-refractivity contribution >= 4 is 32.9 Å². The van der Waals surface area contributed by atoms with Crippen LogP contribution < -0.4 is 9.62 Å². The van der Waals surface area contributed by atoms with E-state index in [1.54, 1.807) is 18.3 Å². The van der Waals surface area contributed by atoms with Crippen LogP contribution in [-0.4, -0.2) is 26.5 Å². The molecule has 0 bridgehead atoms. The molecule has 1 aliphatic rings. The fraction of sp³-hybridized carbons (Fsp3) is 0.471. The predicted molar refractivity (Wildman–Crippen MR) is 99.4 cm³/mol. The van der Waals surface area contributed by atoms with E-state index in [4.69, 9.17) is 0 Å². The molecule has 1 unspecified atom stereocenters. The number of aromatic nitrogens is 1. The Morgan fingerprint density at radius 2 is 2.17 bits per heavy atom. The molecule has 1 aliphatic heterocycles. The van der Waals surface area contributed by atoms with E-state index >= 15 is 0 Å². The van der Waals surface area contributed by atoms with Gasteiger partial charge < -0.3 is 4.90 Å². The summed E-state index contributed by atoms with van der Waals surface area (Å²) >= 11 is 1.30. The highest BCUT2D eigenvalue weighted by molar-refractivity contribution is 7.94. The Hall–Kier alpha value is -1.60. The summed E-state index contributed by atoms with van der Waals surface area (Å²) < 4.78 is 27.7. The minimum Gasteiger partial charge on any atom is -0.370 e. The van der Waals surface area contributed by atoms with Crippen molar-refractivity contribution in [3.63, 3.8) is 0 Å². The van der Waals surface area contributed by atoms with E-state index in [-0.39, 0.29) is 0 Å². The second-order valence-corrected chi connectivity index (χ2v) is 9.35. The molecule has 2 aromatic heterocycles. The number of nitrogens with zero attached hydrogens (tertiary/aromatic N) is 2. The van der Waals surface area contributed by atoms with Crippen molar-refractivity contribution in [2.45, 2.75) is 37.3 Å². The van der Waals surface area contributed by atoms with E-state index in [1.807, 2.05) is 19.1 Å². The third-order valence-electron chi connectivity index (χ3n) is 4.26. The molecule has 1 N–H and O–H groups in total. The Morgan fingerprint density at radius 1 is 1.33 bits per heavy atom. The normalized spacial score (nSPS) is 18.6. The molecular weight excluding hydrogens is 342 g/mol. The molecule has 0 amide bonds. The molecule has 1 atom stereocenters. The summed E-state index contributed by atoms with van der Waals surface area (Å²) in [6.07, 6.45) is 5.04. The third kappa shape index (κ3) is 3.89. The van der Waals surface area contributed by atoms with E-state index in [0.29, 0.717) is 15.9 Å². The largest absolute Gasteiger partial charge is 0.370 e. The molecule has 1 saturated heterocycles. The van der Waals surface area contributed by atoms with Crippen molar-refractivity contribution in [1.82, 2.24) is 4.98 Å². The van der Waals surface area contributed by atoms with Crippen molar-refractivity contribution in [2.24, 2.45) is 5.92 Å². The fourth-order valence-electron chi connectivity index (χ4n) is 2.94. The van der Waals surface area contributed by atoms with Crippen molar-refractivity contribution in [2.75, 3.05) is 22.7 Å². The Kier molecular flexibility index (Phi) is 5.10. The van der Waals surface area contributed by atoms with Crippen LogP contribution in [0.15, 0.2) is 34.7 Å². The van der Waals surface area contributed by atoms with Gasteiger partial charge in [0.05, 0.1) is 11.9 Å². The first kappa shape index (κ1) is 17.2. The van der Waals surface area contributed by atoms with Gasteiger partial charge in [-0.1, -0.05) is 13.8 Å². The predicted octanol–water partition coefficient (Wildman–Crippen LogP) is 3.74. The number of pyridine rings is 1. The summed E-state index contributed by atoms with van der Waals surface area (Å²) in [6, 6.07) is 7.18. The average Bonchev–Trinajstić information content (AvgIpc) is 3.05. The highest BCUT2D eigenvalue weighted by Gasteiger charge is 2.19. The van der Waals surface area contributed by atoms with E-state index in [1.165, 1.54) is 24.2 Å².